The van der Waals surface area contributed by atoms with Crippen LogP contribution in [-0.2, 0) is 6.54 Å². The van der Waals surface area contributed by atoms with Gasteiger partial charge in [-0.05, 0) is 29.8 Å². The Labute approximate surface area is 113 Å². The minimum Gasteiger partial charge on any atom is -0.301 e. The van der Waals surface area contributed by atoms with Gasteiger partial charge in [0.25, 0.3) is 0 Å². The fourth-order valence-corrected chi connectivity index (χ4v) is 2.93. The molecule has 1 atom stereocenters. The van der Waals surface area contributed by atoms with Gasteiger partial charge in [-0.2, -0.15) is 0 Å². The van der Waals surface area contributed by atoms with E-state index >= 15 is 0 Å². The zero-order chi connectivity index (χ0) is 13.2. The zero-order valence-corrected chi connectivity index (χ0v) is 11.0. The standard InChI is InChI=1S/C16H18N2O/c1-18-10-14(12-6-3-2-4-7-12)13-8-5-9-16(17-19)15(13)11-18/h2-9,14,17,19H,10-11H2,1H3. The minimum absolute atomic E-state index is 0.364. The van der Waals surface area contributed by atoms with Gasteiger partial charge < -0.3 is 4.90 Å². The summed E-state index contributed by atoms with van der Waals surface area (Å²) in [6, 6.07) is 16.6. The number of nitrogens with zero attached hydrogens (tertiary/aromatic N) is 1. The lowest BCUT2D eigenvalue weighted by atomic mass is 9.84. The van der Waals surface area contributed by atoms with Crippen LogP contribution in [0.1, 0.15) is 22.6 Å². The SMILES string of the molecule is CN1Cc2c(NO)cccc2C(c2ccccc2)C1. The van der Waals surface area contributed by atoms with Gasteiger partial charge in [0.1, 0.15) is 0 Å². The number of rotatable bonds is 2. The third-order valence-corrected chi connectivity index (χ3v) is 3.83. The van der Waals surface area contributed by atoms with E-state index in [-0.39, 0.29) is 0 Å². The summed E-state index contributed by atoms with van der Waals surface area (Å²) in [6.45, 7) is 1.87. The van der Waals surface area contributed by atoms with Crippen LogP contribution in [0.25, 0.3) is 0 Å². The van der Waals surface area contributed by atoms with Crippen LogP contribution in [0, 0.1) is 0 Å². The Morgan fingerprint density at radius 3 is 2.63 bits per heavy atom. The largest absolute Gasteiger partial charge is 0.301 e. The van der Waals surface area contributed by atoms with E-state index in [0.717, 1.165) is 18.8 Å². The maximum Gasteiger partial charge on any atom is 0.0650 e. The van der Waals surface area contributed by atoms with Gasteiger partial charge in [-0.15, -0.1) is 0 Å². The van der Waals surface area contributed by atoms with Crippen molar-refractivity contribution in [2.75, 3.05) is 19.1 Å². The van der Waals surface area contributed by atoms with Gasteiger partial charge in [-0.3, -0.25) is 10.7 Å². The molecule has 0 radical (unpaired) electrons. The number of hydrogen-bond donors (Lipinski definition) is 2. The van der Waals surface area contributed by atoms with Crippen molar-refractivity contribution in [3.8, 4) is 0 Å². The number of likely N-dealkylation sites (N-methyl/N-ethyl adjacent to an activating group) is 1. The Kier molecular flexibility index (Phi) is 3.23. The van der Waals surface area contributed by atoms with Crippen molar-refractivity contribution in [2.24, 2.45) is 0 Å². The fraction of sp³-hybridized carbons (Fsp3) is 0.250. The van der Waals surface area contributed by atoms with Crippen LogP contribution in [-0.4, -0.2) is 23.7 Å². The van der Waals surface area contributed by atoms with Crippen LogP contribution in [0.4, 0.5) is 5.69 Å². The van der Waals surface area contributed by atoms with Crippen molar-refractivity contribution in [3.05, 3.63) is 65.2 Å². The molecule has 1 aliphatic rings. The first-order chi connectivity index (χ1) is 9.29. The molecule has 0 aromatic heterocycles. The minimum atomic E-state index is 0.364. The average Bonchev–Trinajstić information content (AvgIpc) is 2.46. The Morgan fingerprint density at radius 1 is 1.11 bits per heavy atom. The highest BCUT2D eigenvalue weighted by Gasteiger charge is 2.26. The van der Waals surface area contributed by atoms with Crippen molar-refractivity contribution < 1.29 is 5.21 Å². The molecule has 2 aromatic carbocycles. The maximum atomic E-state index is 9.27. The number of benzene rings is 2. The highest BCUT2D eigenvalue weighted by Crippen LogP contribution is 2.36. The molecule has 0 saturated heterocycles. The van der Waals surface area contributed by atoms with Gasteiger partial charge in [0, 0.05) is 19.0 Å². The van der Waals surface area contributed by atoms with Crippen molar-refractivity contribution in [1.82, 2.24) is 4.90 Å². The van der Waals surface area contributed by atoms with E-state index in [1.165, 1.54) is 16.7 Å². The van der Waals surface area contributed by atoms with Crippen LogP contribution in [0.2, 0.25) is 0 Å². The summed E-state index contributed by atoms with van der Waals surface area (Å²) < 4.78 is 0. The summed E-state index contributed by atoms with van der Waals surface area (Å²) in [5.74, 6) is 0.364. The number of nitrogens with one attached hydrogen (secondary N) is 1. The summed E-state index contributed by atoms with van der Waals surface area (Å²) in [4.78, 5) is 2.29. The van der Waals surface area contributed by atoms with Crippen LogP contribution in [0.3, 0.4) is 0 Å². The van der Waals surface area contributed by atoms with Gasteiger partial charge in [0.05, 0.1) is 5.69 Å². The molecule has 0 spiro atoms. The third kappa shape index (κ3) is 2.23. The first-order valence-corrected chi connectivity index (χ1v) is 6.55. The summed E-state index contributed by atoms with van der Waals surface area (Å²) in [5, 5.41) is 9.27. The summed E-state index contributed by atoms with van der Waals surface area (Å²) in [5.41, 5.74) is 6.95. The predicted molar refractivity (Wildman–Crippen MR) is 76.5 cm³/mol. The molecule has 1 unspecified atom stereocenters. The number of anilines is 1. The lowest BCUT2D eigenvalue weighted by molar-refractivity contribution is 0.293. The predicted octanol–water partition coefficient (Wildman–Crippen LogP) is 3.07. The second-order valence-electron chi connectivity index (χ2n) is 5.15. The fourth-order valence-electron chi connectivity index (χ4n) is 2.93. The van der Waals surface area contributed by atoms with E-state index < -0.39 is 0 Å². The average molecular weight is 254 g/mol. The topological polar surface area (TPSA) is 35.5 Å². The molecule has 3 rings (SSSR count). The molecule has 2 N–H and O–H groups in total. The van der Waals surface area contributed by atoms with E-state index in [4.69, 9.17) is 0 Å². The van der Waals surface area contributed by atoms with Crippen LogP contribution < -0.4 is 5.48 Å². The molecule has 3 nitrogen and oxygen atoms in total. The van der Waals surface area contributed by atoms with E-state index in [2.05, 4.69) is 47.8 Å². The Hall–Kier alpha value is -1.84. The quantitative estimate of drug-likeness (QED) is 0.808. The lowest BCUT2D eigenvalue weighted by Crippen LogP contribution is -2.31. The number of fused-ring (bicyclic) bond motifs is 1. The molecule has 0 saturated carbocycles. The van der Waals surface area contributed by atoms with Gasteiger partial charge in [-0.25, -0.2) is 0 Å². The first kappa shape index (κ1) is 12.2. The molecule has 0 amide bonds. The lowest BCUT2D eigenvalue weighted by Gasteiger charge is -2.33. The monoisotopic (exact) mass is 254 g/mol. The van der Waals surface area contributed by atoms with Crippen molar-refractivity contribution in [1.29, 1.82) is 0 Å². The summed E-state index contributed by atoms with van der Waals surface area (Å²) >= 11 is 0. The Balaban J connectivity index is 2.10. The molecule has 3 heteroatoms. The Bertz CT molecular complexity index is 568. The Morgan fingerprint density at radius 2 is 1.89 bits per heavy atom. The molecule has 0 bridgehead atoms. The zero-order valence-electron chi connectivity index (χ0n) is 11.0. The molecule has 98 valence electrons. The summed E-state index contributed by atoms with van der Waals surface area (Å²) in [6.07, 6.45) is 0. The molecular weight excluding hydrogens is 236 g/mol. The number of hydrogen-bond acceptors (Lipinski definition) is 3. The first-order valence-electron chi connectivity index (χ1n) is 6.55. The van der Waals surface area contributed by atoms with Gasteiger partial charge in [-0.1, -0.05) is 42.5 Å². The van der Waals surface area contributed by atoms with Crippen molar-refractivity contribution >= 4 is 5.69 Å². The van der Waals surface area contributed by atoms with Crippen LogP contribution in [0.5, 0.6) is 0 Å². The van der Waals surface area contributed by atoms with Crippen LogP contribution in [0.15, 0.2) is 48.5 Å². The van der Waals surface area contributed by atoms with Crippen molar-refractivity contribution in [3.63, 3.8) is 0 Å². The van der Waals surface area contributed by atoms with E-state index in [1.807, 2.05) is 18.2 Å². The van der Waals surface area contributed by atoms with Crippen LogP contribution >= 0.6 is 0 Å². The van der Waals surface area contributed by atoms with E-state index in [1.54, 1.807) is 0 Å². The molecule has 1 heterocycles. The van der Waals surface area contributed by atoms with Gasteiger partial charge in [0.15, 0.2) is 0 Å². The highest BCUT2D eigenvalue weighted by molar-refractivity contribution is 5.56. The second-order valence-corrected chi connectivity index (χ2v) is 5.15. The normalized spacial score (nSPS) is 18.9. The molecule has 2 aromatic rings. The smallest absolute Gasteiger partial charge is 0.0650 e. The summed E-state index contributed by atoms with van der Waals surface area (Å²) in [7, 11) is 2.12. The third-order valence-electron chi connectivity index (χ3n) is 3.83. The van der Waals surface area contributed by atoms with Gasteiger partial charge >= 0.3 is 0 Å². The van der Waals surface area contributed by atoms with E-state index in [0.29, 0.717) is 5.92 Å². The van der Waals surface area contributed by atoms with Crippen molar-refractivity contribution in [2.45, 2.75) is 12.5 Å². The molecule has 1 aliphatic heterocycles. The molecule has 19 heavy (non-hydrogen) atoms. The second kappa shape index (κ2) is 5.03. The van der Waals surface area contributed by atoms with Gasteiger partial charge in [0.2, 0.25) is 0 Å². The highest BCUT2D eigenvalue weighted by atomic mass is 16.5. The van der Waals surface area contributed by atoms with E-state index in [9.17, 15) is 5.21 Å². The molecular formula is C16H18N2O. The molecule has 0 aliphatic carbocycles. The molecule has 0 fully saturated rings. The maximum absolute atomic E-state index is 9.27.